The van der Waals surface area contributed by atoms with Crippen molar-refractivity contribution in [2.75, 3.05) is 0 Å². The molecule has 0 spiro atoms. The van der Waals surface area contributed by atoms with Crippen molar-refractivity contribution in [3.8, 4) is 17.0 Å². The molecule has 2 rings (SSSR count). The molecule has 98 valence electrons. The van der Waals surface area contributed by atoms with Crippen LogP contribution in [0.2, 0.25) is 0 Å². The fraction of sp³-hybridized carbons (Fsp3) is 0.308. The Labute approximate surface area is 113 Å². The highest BCUT2D eigenvalue weighted by atomic mass is 35.5. The van der Waals surface area contributed by atoms with E-state index < -0.39 is 0 Å². The molecule has 0 radical (unpaired) electrons. The maximum atomic E-state index is 9.26. The highest BCUT2D eigenvalue weighted by molar-refractivity contribution is 5.85. The molecule has 0 aliphatic carbocycles. The van der Waals surface area contributed by atoms with Gasteiger partial charge in [0, 0.05) is 11.6 Å². The molecule has 18 heavy (non-hydrogen) atoms. The average molecular weight is 268 g/mol. The number of nitrogens with zero attached hydrogens (tertiary/aromatic N) is 1. The topological polar surface area (TPSA) is 74.9 Å². The first-order valence-electron chi connectivity index (χ1n) is 5.78. The number of hydrogen-bond acceptors (Lipinski definition) is 3. The average Bonchev–Trinajstić information content (AvgIpc) is 2.78. The molecule has 4 nitrogen and oxygen atoms in total. The van der Waals surface area contributed by atoms with Gasteiger partial charge in [0.25, 0.3) is 0 Å². The number of aromatic hydroxyl groups is 1. The molecule has 1 aromatic carbocycles. The molecule has 1 atom stereocenters. The Morgan fingerprint density at radius 1 is 1.33 bits per heavy atom. The monoisotopic (exact) mass is 267 g/mol. The van der Waals surface area contributed by atoms with E-state index in [1.807, 2.05) is 18.3 Å². The first-order chi connectivity index (χ1) is 8.20. The minimum Gasteiger partial charge on any atom is -0.508 e. The third-order valence-corrected chi connectivity index (χ3v) is 2.88. The number of phenols is 1. The molecule has 0 bridgehead atoms. The molecule has 5 heteroatoms. The predicted molar refractivity (Wildman–Crippen MR) is 74.9 cm³/mol. The Kier molecular flexibility index (Phi) is 5.19. The summed E-state index contributed by atoms with van der Waals surface area (Å²) in [5.74, 6) is 0.264. The second-order valence-electron chi connectivity index (χ2n) is 4.19. The molecule has 4 N–H and O–H groups in total. The standard InChI is InChI=1S/C13H17N3O.ClH/c1-2-11(14)7-10-8-15-16-13(10)9-3-5-12(17)6-4-9;/h3-6,8,11,17H,2,7,14H2,1H3,(H,15,16);1H. The Morgan fingerprint density at radius 3 is 2.61 bits per heavy atom. The summed E-state index contributed by atoms with van der Waals surface area (Å²) in [5, 5.41) is 16.3. The largest absolute Gasteiger partial charge is 0.508 e. The van der Waals surface area contributed by atoms with E-state index in [1.54, 1.807) is 12.1 Å². The Bertz CT molecular complexity index is 481. The van der Waals surface area contributed by atoms with E-state index in [0.29, 0.717) is 0 Å². The van der Waals surface area contributed by atoms with Crippen LogP contribution in [0.25, 0.3) is 11.3 Å². The zero-order valence-corrected chi connectivity index (χ0v) is 11.1. The molecule has 0 saturated carbocycles. The fourth-order valence-electron chi connectivity index (χ4n) is 1.77. The molecule has 1 aromatic heterocycles. The number of aromatic amines is 1. The van der Waals surface area contributed by atoms with Gasteiger partial charge in [0.15, 0.2) is 0 Å². The number of hydrogen-bond donors (Lipinski definition) is 3. The van der Waals surface area contributed by atoms with E-state index in [-0.39, 0.29) is 24.2 Å². The molecule has 1 unspecified atom stereocenters. The van der Waals surface area contributed by atoms with Crippen molar-refractivity contribution < 1.29 is 5.11 Å². The van der Waals surface area contributed by atoms with E-state index in [1.165, 1.54) is 0 Å². The Hall–Kier alpha value is -1.52. The zero-order chi connectivity index (χ0) is 12.3. The molecule has 2 aromatic rings. The van der Waals surface area contributed by atoms with Gasteiger partial charge in [-0.15, -0.1) is 12.4 Å². The van der Waals surface area contributed by atoms with Crippen molar-refractivity contribution >= 4 is 12.4 Å². The summed E-state index contributed by atoms with van der Waals surface area (Å²) in [7, 11) is 0. The van der Waals surface area contributed by atoms with Gasteiger partial charge in [-0.1, -0.05) is 6.92 Å². The van der Waals surface area contributed by atoms with Crippen LogP contribution in [-0.2, 0) is 6.42 Å². The summed E-state index contributed by atoms with van der Waals surface area (Å²) in [4.78, 5) is 0. The molecule has 0 saturated heterocycles. The predicted octanol–water partition coefficient (Wildman–Crippen LogP) is 2.48. The van der Waals surface area contributed by atoms with Crippen LogP contribution in [0, 0.1) is 0 Å². The molecular weight excluding hydrogens is 250 g/mol. The van der Waals surface area contributed by atoms with Crippen molar-refractivity contribution in [3.05, 3.63) is 36.0 Å². The molecule has 0 fully saturated rings. The summed E-state index contributed by atoms with van der Waals surface area (Å²) in [6.45, 7) is 2.07. The quantitative estimate of drug-likeness (QED) is 0.797. The van der Waals surface area contributed by atoms with Crippen LogP contribution < -0.4 is 5.73 Å². The number of benzene rings is 1. The van der Waals surface area contributed by atoms with Crippen molar-refractivity contribution in [3.63, 3.8) is 0 Å². The van der Waals surface area contributed by atoms with Gasteiger partial charge in [0.2, 0.25) is 0 Å². The minimum atomic E-state index is 0. The number of halogens is 1. The second kappa shape index (κ2) is 6.42. The first-order valence-corrected chi connectivity index (χ1v) is 5.78. The third kappa shape index (κ3) is 3.24. The summed E-state index contributed by atoms with van der Waals surface area (Å²) in [6, 6.07) is 7.22. The van der Waals surface area contributed by atoms with Crippen LogP contribution in [0.3, 0.4) is 0 Å². The molecule has 0 aliphatic rings. The number of rotatable bonds is 4. The molecular formula is C13H18ClN3O. The van der Waals surface area contributed by atoms with Gasteiger partial charge < -0.3 is 10.8 Å². The van der Waals surface area contributed by atoms with Gasteiger partial charge in [-0.25, -0.2) is 0 Å². The van der Waals surface area contributed by atoms with Crippen LogP contribution in [0.15, 0.2) is 30.5 Å². The summed E-state index contributed by atoms with van der Waals surface area (Å²) in [5.41, 5.74) is 9.06. The Balaban J connectivity index is 0.00000162. The van der Waals surface area contributed by atoms with Crippen molar-refractivity contribution in [1.29, 1.82) is 0 Å². The van der Waals surface area contributed by atoms with E-state index in [2.05, 4.69) is 17.1 Å². The molecule has 1 heterocycles. The number of aromatic nitrogens is 2. The minimum absolute atomic E-state index is 0. The van der Waals surface area contributed by atoms with Gasteiger partial charge in [-0.3, -0.25) is 5.10 Å². The van der Waals surface area contributed by atoms with Gasteiger partial charge >= 0.3 is 0 Å². The highest BCUT2D eigenvalue weighted by Gasteiger charge is 2.10. The van der Waals surface area contributed by atoms with Crippen molar-refractivity contribution in [2.24, 2.45) is 5.73 Å². The SMILES string of the molecule is CCC(N)Cc1cn[nH]c1-c1ccc(O)cc1.Cl. The normalized spacial score (nSPS) is 11.9. The summed E-state index contributed by atoms with van der Waals surface area (Å²) < 4.78 is 0. The summed E-state index contributed by atoms with van der Waals surface area (Å²) >= 11 is 0. The van der Waals surface area contributed by atoms with E-state index >= 15 is 0 Å². The van der Waals surface area contributed by atoms with Gasteiger partial charge in [0.05, 0.1) is 11.9 Å². The Morgan fingerprint density at radius 2 is 2.00 bits per heavy atom. The van der Waals surface area contributed by atoms with Crippen LogP contribution in [-0.4, -0.2) is 21.3 Å². The molecule has 0 amide bonds. The fourth-order valence-corrected chi connectivity index (χ4v) is 1.77. The lowest BCUT2D eigenvalue weighted by Gasteiger charge is -2.08. The van der Waals surface area contributed by atoms with Crippen LogP contribution in [0.5, 0.6) is 5.75 Å². The first kappa shape index (κ1) is 14.5. The van der Waals surface area contributed by atoms with Crippen LogP contribution in [0.4, 0.5) is 0 Å². The smallest absolute Gasteiger partial charge is 0.115 e. The lowest BCUT2D eigenvalue weighted by molar-refractivity contribution is 0.475. The summed E-state index contributed by atoms with van der Waals surface area (Å²) in [6.07, 6.45) is 3.57. The van der Waals surface area contributed by atoms with Gasteiger partial charge in [-0.05, 0) is 42.7 Å². The number of nitrogens with one attached hydrogen (secondary N) is 1. The van der Waals surface area contributed by atoms with E-state index in [0.717, 1.165) is 29.7 Å². The number of phenolic OH excluding ortho intramolecular Hbond substituents is 1. The third-order valence-electron chi connectivity index (χ3n) is 2.88. The second-order valence-corrected chi connectivity index (χ2v) is 4.19. The highest BCUT2D eigenvalue weighted by Crippen LogP contribution is 2.24. The van der Waals surface area contributed by atoms with Crippen LogP contribution >= 0.6 is 12.4 Å². The van der Waals surface area contributed by atoms with Crippen LogP contribution in [0.1, 0.15) is 18.9 Å². The van der Waals surface area contributed by atoms with E-state index in [4.69, 9.17) is 5.73 Å². The maximum absolute atomic E-state index is 9.26. The maximum Gasteiger partial charge on any atom is 0.115 e. The lowest BCUT2D eigenvalue weighted by atomic mass is 10.0. The van der Waals surface area contributed by atoms with Gasteiger partial charge in [0.1, 0.15) is 5.75 Å². The van der Waals surface area contributed by atoms with Gasteiger partial charge in [-0.2, -0.15) is 5.10 Å². The molecule has 0 aliphatic heterocycles. The number of H-pyrrole nitrogens is 1. The lowest BCUT2D eigenvalue weighted by Crippen LogP contribution is -2.21. The van der Waals surface area contributed by atoms with E-state index in [9.17, 15) is 5.11 Å². The van der Waals surface area contributed by atoms with Crippen molar-refractivity contribution in [2.45, 2.75) is 25.8 Å². The zero-order valence-electron chi connectivity index (χ0n) is 10.3. The number of nitrogens with two attached hydrogens (primary N) is 1. The van der Waals surface area contributed by atoms with Crippen molar-refractivity contribution in [1.82, 2.24) is 10.2 Å².